The molecule has 0 N–H and O–H groups in total. The molecule has 0 nitrogen and oxygen atoms in total. The van der Waals surface area contributed by atoms with Crippen molar-refractivity contribution in [1.29, 1.82) is 0 Å². The lowest BCUT2D eigenvalue weighted by Crippen LogP contribution is -2.38. The number of hydrogen-bond donors (Lipinski definition) is 0. The van der Waals surface area contributed by atoms with Crippen molar-refractivity contribution in [3.63, 3.8) is 0 Å². The van der Waals surface area contributed by atoms with Crippen LogP contribution >= 0.6 is 0 Å². The van der Waals surface area contributed by atoms with Crippen LogP contribution in [0.4, 0.5) is 0 Å². The Morgan fingerprint density at radius 2 is 1.25 bits per heavy atom. The van der Waals surface area contributed by atoms with Crippen LogP contribution in [0.15, 0.2) is 0 Å². The van der Waals surface area contributed by atoms with Crippen LogP contribution in [-0.4, -0.2) is 0 Å². The Bertz CT molecular complexity index is 168. The van der Waals surface area contributed by atoms with Gasteiger partial charge in [0.1, 0.15) is 0 Å². The quantitative estimate of drug-likeness (QED) is 0.583. The van der Waals surface area contributed by atoms with Gasteiger partial charge in [-0.2, -0.15) is 0 Å². The average Bonchev–Trinajstić information content (AvgIpc) is 2.64. The third kappa shape index (κ3) is 0.900. The van der Waals surface area contributed by atoms with Gasteiger partial charge in [-0.3, -0.25) is 0 Å². The van der Waals surface area contributed by atoms with Crippen molar-refractivity contribution in [2.24, 2.45) is 17.3 Å². The summed E-state index contributed by atoms with van der Waals surface area (Å²) in [6, 6.07) is 0. The highest BCUT2D eigenvalue weighted by Gasteiger charge is 2.53. The van der Waals surface area contributed by atoms with E-state index >= 15 is 0 Å². The molecule has 0 aliphatic heterocycles. The smallest absolute Gasteiger partial charge is 0.0241 e. The molecule has 0 atom stereocenters. The summed E-state index contributed by atoms with van der Waals surface area (Å²) >= 11 is 0. The topological polar surface area (TPSA) is 0 Å². The second-order valence-electron chi connectivity index (χ2n) is 5.34. The van der Waals surface area contributed by atoms with E-state index in [2.05, 4.69) is 0 Å². The van der Waals surface area contributed by atoms with Crippen LogP contribution in [0.25, 0.3) is 0 Å². The van der Waals surface area contributed by atoms with Gasteiger partial charge in [0.25, 0.3) is 0 Å². The van der Waals surface area contributed by atoms with Crippen LogP contribution in [0.5, 0.6) is 0 Å². The third-order valence-electron chi connectivity index (χ3n) is 4.84. The zero-order chi connectivity index (χ0) is 8.02. The highest BCUT2D eigenvalue weighted by atomic mass is 14.6. The van der Waals surface area contributed by atoms with Gasteiger partial charge >= 0.3 is 0 Å². The van der Waals surface area contributed by atoms with Gasteiger partial charge in [0, 0.05) is 0 Å². The molecule has 3 aliphatic carbocycles. The molecule has 3 aliphatic rings. The van der Waals surface area contributed by atoms with E-state index in [1.165, 1.54) is 11.8 Å². The van der Waals surface area contributed by atoms with E-state index in [9.17, 15) is 0 Å². The zero-order valence-corrected chi connectivity index (χ0v) is 8.02. The molecular weight excluding hydrogens is 144 g/mol. The third-order valence-corrected chi connectivity index (χ3v) is 4.84. The van der Waals surface area contributed by atoms with Gasteiger partial charge in [-0.1, -0.05) is 19.3 Å². The highest BCUT2D eigenvalue weighted by molar-refractivity contribution is 5.03. The molecule has 0 aromatic heterocycles. The van der Waals surface area contributed by atoms with E-state index in [1.807, 2.05) is 0 Å². The van der Waals surface area contributed by atoms with Crippen molar-refractivity contribution >= 4 is 0 Å². The molecular formula is C12H20. The second kappa shape index (κ2) is 2.49. The minimum absolute atomic E-state index is 0.913. The summed E-state index contributed by atoms with van der Waals surface area (Å²) in [4.78, 5) is 0. The van der Waals surface area contributed by atoms with E-state index < -0.39 is 0 Å². The molecule has 0 aromatic carbocycles. The van der Waals surface area contributed by atoms with Gasteiger partial charge in [0.2, 0.25) is 0 Å². The first-order valence-electron chi connectivity index (χ1n) is 5.92. The van der Waals surface area contributed by atoms with Crippen molar-refractivity contribution in [1.82, 2.24) is 0 Å². The number of rotatable bonds is 2. The maximum absolute atomic E-state index is 1.60. The predicted octanol–water partition coefficient (Wildman–Crippen LogP) is 3.76. The molecule has 0 spiro atoms. The summed E-state index contributed by atoms with van der Waals surface area (Å²) in [6.45, 7) is 0. The molecule has 12 heavy (non-hydrogen) atoms. The molecule has 0 bridgehead atoms. The summed E-state index contributed by atoms with van der Waals surface area (Å²) in [7, 11) is 0. The van der Waals surface area contributed by atoms with Crippen LogP contribution in [0.1, 0.15) is 57.8 Å². The molecule has 3 saturated carbocycles. The van der Waals surface area contributed by atoms with E-state index in [4.69, 9.17) is 0 Å². The van der Waals surface area contributed by atoms with E-state index in [0.717, 1.165) is 5.41 Å². The van der Waals surface area contributed by atoms with Crippen molar-refractivity contribution in [2.75, 3.05) is 0 Å². The van der Waals surface area contributed by atoms with Gasteiger partial charge in [-0.05, 0) is 55.8 Å². The Hall–Kier alpha value is 0. The van der Waals surface area contributed by atoms with E-state index in [1.54, 1.807) is 57.8 Å². The molecule has 0 unspecified atom stereocenters. The standard InChI is InChI=1S/C12H20/c1-2-5-10(4-1)12(8-3-9-12)11-6-7-11/h10-11H,1-9H2. The van der Waals surface area contributed by atoms with Gasteiger partial charge in [-0.15, -0.1) is 0 Å². The van der Waals surface area contributed by atoms with Gasteiger partial charge < -0.3 is 0 Å². The molecule has 0 heterocycles. The minimum Gasteiger partial charge on any atom is -0.0530 e. The molecule has 0 heteroatoms. The van der Waals surface area contributed by atoms with Crippen molar-refractivity contribution in [3.8, 4) is 0 Å². The summed E-state index contributed by atoms with van der Waals surface area (Å²) in [5, 5.41) is 0. The molecule has 0 aromatic rings. The lowest BCUT2D eigenvalue weighted by molar-refractivity contribution is 0.0253. The SMILES string of the molecule is C1CCC(C2(C3CC3)CCC2)C1. The lowest BCUT2D eigenvalue weighted by atomic mass is 9.57. The first kappa shape index (κ1) is 7.41. The molecule has 3 rings (SSSR count). The molecule has 0 saturated heterocycles. The predicted molar refractivity (Wildman–Crippen MR) is 51.0 cm³/mol. The zero-order valence-electron chi connectivity index (χ0n) is 8.02. The van der Waals surface area contributed by atoms with Crippen LogP contribution in [0.3, 0.4) is 0 Å². The fourth-order valence-electron chi connectivity index (χ4n) is 3.89. The Balaban J connectivity index is 1.76. The molecule has 68 valence electrons. The van der Waals surface area contributed by atoms with Crippen LogP contribution in [0.2, 0.25) is 0 Å². The van der Waals surface area contributed by atoms with Crippen molar-refractivity contribution in [3.05, 3.63) is 0 Å². The first-order valence-corrected chi connectivity index (χ1v) is 5.92. The Kier molecular flexibility index (Phi) is 1.54. The van der Waals surface area contributed by atoms with Crippen LogP contribution in [0, 0.1) is 17.3 Å². The van der Waals surface area contributed by atoms with Crippen molar-refractivity contribution < 1.29 is 0 Å². The lowest BCUT2D eigenvalue weighted by Gasteiger charge is -2.47. The Labute approximate surface area is 75.7 Å². The maximum atomic E-state index is 1.60. The van der Waals surface area contributed by atoms with E-state index in [-0.39, 0.29) is 0 Å². The summed E-state index contributed by atoms with van der Waals surface area (Å²) in [5.74, 6) is 2.35. The first-order chi connectivity index (χ1) is 5.92. The van der Waals surface area contributed by atoms with Gasteiger partial charge in [0.05, 0.1) is 0 Å². The number of hydrogen-bond acceptors (Lipinski definition) is 0. The summed E-state index contributed by atoms with van der Waals surface area (Å²) in [6.07, 6.45) is 14.1. The normalized spacial score (nSPS) is 35.0. The highest BCUT2D eigenvalue weighted by Crippen LogP contribution is 2.64. The van der Waals surface area contributed by atoms with Crippen LogP contribution in [-0.2, 0) is 0 Å². The fourth-order valence-corrected chi connectivity index (χ4v) is 3.89. The summed E-state index contributed by atoms with van der Waals surface area (Å²) in [5.41, 5.74) is 0.913. The Morgan fingerprint density at radius 3 is 1.67 bits per heavy atom. The molecule has 3 fully saturated rings. The maximum Gasteiger partial charge on any atom is -0.0241 e. The largest absolute Gasteiger partial charge is 0.0530 e. The van der Waals surface area contributed by atoms with Gasteiger partial charge in [0.15, 0.2) is 0 Å². The molecule has 0 amide bonds. The average molecular weight is 164 g/mol. The monoisotopic (exact) mass is 164 g/mol. The van der Waals surface area contributed by atoms with E-state index in [0.29, 0.717) is 0 Å². The Morgan fingerprint density at radius 1 is 0.667 bits per heavy atom. The fraction of sp³-hybridized carbons (Fsp3) is 1.00. The minimum atomic E-state index is 0.913. The van der Waals surface area contributed by atoms with Crippen molar-refractivity contribution in [2.45, 2.75) is 57.8 Å². The summed E-state index contributed by atoms with van der Waals surface area (Å²) < 4.78 is 0. The van der Waals surface area contributed by atoms with Crippen LogP contribution < -0.4 is 0 Å². The van der Waals surface area contributed by atoms with Gasteiger partial charge in [-0.25, -0.2) is 0 Å². The molecule has 0 radical (unpaired) electrons. The second-order valence-corrected chi connectivity index (χ2v) is 5.34.